The van der Waals surface area contributed by atoms with Crippen LogP contribution in [0, 0.1) is 6.92 Å². The number of aryl methyl sites for hydroxylation is 1. The monoisotopic (exact) mass is 437 g/mol. The molecule has 0 aliphatic carbocycles. The van der Waals surface area contributed by atoms with Gasteiger partial charge >= 0.3 is 0 Å². The lowest BCUT2D eigenvalue weighted by Gasteiger charge is -2.37. The van der Waals surface area contributed by atoms with E-state index in [2.05, 4.69) is 35.3 Å². The summed E-state index contributed by atoms with van der Waals surface area (Å²) in [4.78, 5) is 15.4. The van der Waals surface area contributed by atoms with Crippen LogP contribution in [0.4, 0.5) is 0 Å². The molecular formula is C22H35N3O4S. The van der Waals surface area contributed by atoms with Crippen LogP contribution in [0.3, 0.4) is 0 Å². The van der Waals surface area contributed by atoms with E-state index in [9.17, 15) is 13.2 Å². The van der Waals surface area contributed by atoms with Crippen molar-refractivity contribution in [3.8, 4) is 0 Å². The Hall–Kier alpha value is -1.48. The molecule has 1 aromatic rings. The van der Waals surface area contributed by atoms with Crippen LogP contribution in [-0.4, -0.2) is 74.7 Å². The van der Waals surface area contributed by atoms with Gasteiger partial charge in [0, 0.05) is 26.2 Å². The number of carbonyl (C=O) groups excluding carboxylic acids is 1. The van der Waals surface area contributed by atoms with Gasteiger partial charge in [-0.1, -0.05) is 43.2 Å². The Morgan fingerprint density at radius 2 is 2.00 bits per heavy atom. The molecule has 0 bridgehead atoms. The van der Waals surface area contributed by atoms with Crippen LogP contribution in [0.5, 0.6) is 0 Å². The molecule has 0 spiro atoms. The molecule has 0 aromatic heterocycles. The Balaban J connectivity index is 1.72. The third kappa shape index (κ3) is 5.81. The molecule has 0 saturated carbocycles. The molecule has 2 atom stereocenters. The fraction of sp³-hybridized carbons (Fsp3) is 0.682. The summed E-state index contributed by atoms with van der Waals surface area (Å²) in [6.07, 6.45) is 2.83. The molecule has 2 saturated heterocycles. The highest BCUT2D eigenvalue weighted by molar-refractivity contribution is 7.89. The van der Waals surface area contributed by atoms with E-state index in [0.29, 0.717) is 39.1 Å². The van der Waals surface area contributed by atoms with E-state index in [1.54, 1.807) is 0 Å². The van der Waals surface area contributed by atoms with Gasteiger partial charge < -0.3 is 10.1 Å². The predicted octanol–water partition coefficient (Wildman–Crippen LogP) is 2.08. The average molecular weight is 438 g/mol. The number of hydrogen-bond donors (Lipinski definition) is 1. The van der Waals surface area contributed by atoms with Crippen molar-refractivity contribution < 1.29 is 17.9 Å². The van der Waals surface area contributed by atoms with Crippen LogP contribution >= 0.6 is 0 Å². The lowest BCUT2D eigenvalue weighted by molar-refractivity contribution is -0.126. The minimum atomic E-state index is -3.40. The molecule has 3 rings (SSSR count). The van der Waals surface area contributed by atoms with E-state index in [-0.39, 0.29) is 17.7 Å². The quantitative estimate of drug-likeness (QED) is 0.674. The maximum atomic E-state index is 13.1. The summed E-state index contributed by atoms with van der Waals surface area (Å²) >= 11 is 0. The number of nitrogens with one attached hydrogen (secondary N) is 1. The van der Waals surface area contributed by atoms with Crippen molar-refractivity contribution >= 4 is 15.9 Å². The largest absolute Gasteiger partial charge is 0.379 e. The zero-order chi connectivity index (χ0) is 21.6. The third-order valence-electron chi connectivity index (χ3n) is 5.96. The van der Waals surface area contributed by atoms with Crippen molar-refractivity contribution in [3.63, 3.8) is 0 Å². The van der Waals surface area contributed by atoms with Gasteiger partial charge in [0.2, 0.25) is 15.9 Å². The molecule has 8 heteroatoms. The fourth-order valence-electron chi connectivity index (χ4n) is 4.41. The summed E-state index contributed by atoms with van der Waals surface area (Å²) < 4.78 is 32.3. The predicted molar refractivity (Wildman–Crippen MR) is 118 cm³/mol. The first-order valence-corrected chi connectivity index (χ1v) is 12.7. The van der Waals surface area contributed by atoms with Gasteiger partial charge in [0.05, 0.1) is 25.0 Å². The van der Waals surface area contributed by atoms with Crippen molar-refractivity contribution in [3.05, 3.63) is 35.4 Å². The van der Waals surface area contributed by atoms with Crippen LogP contribution in [-0.2, 0) is 19.6 Å². The van der Waals surface area contributed by atoms with Gasteiger partial charge in [0.25, 0.3) is 0 Å². The summed E-state index contributed by atoms with van der Waals surface area (Å²) in [5.41, 5.74) is 2.34. The van der Waals surface area contributed by atoms with Gasteiger partial charge in [-0.2, -0.15) is 4.31 Å². The Morgan fingerprint density at radius 1 is 1.23 bits per heavy atom. The number of sulfonamides is 1. The number of benzene rings is 1. The van der Waals surface area contributed by atoms with Crippen molar-refractivity contribution in [2.45, 2.75) is 51.6 Å². The van der Waals surface area contributed by atoms with Gasteiger partial charge in [0.15, 0.2) is 0 Å². The lowest BCUT2D eigenvalue weighted by Crippen LogP contribution is -2.53. The second-order valence-electron chi connectivity index (χ2n) is 8.26. The van der Waals surface area contributed by atoms with Crippen molar-refractivity contribution in [1.82, 2.24) is 14.5 Å². The summed E-state index contributed by atoms with van der Waals surface area (Å²) in [6, 6.07) is 7.81. The minimum Gasteiger partial charge on any atom is -0.379 e. The molecule has 2 unspecified atom stereocenters. The standard InChI is InChI=1S/C22H35N3O4S/c1-3-15-30(27,28)25-10-5-4-9-20(25)22(26)23-17-21(24-11-13-29-14-12-24)19-8-6-7-18(2)16-19/h6-8,16,20-21H,3-5,9-15,17H2,1-2H3,(H,23,26). The molecule has 30 heavy (non-hydrogen) atoms. The van der Waals surface area contributed by atoms with E-state index >= 15 is 0 Å². The van der Waals surface area contributed by atoms with E-state index in [1.165, 1.54) is 9.87 Å². The second-order valence-corrected chi connectivity index (χ2v) is 10.3. The normalized spacial score (nSPS) is 22.5. The number of hydrogen-bond acceptors (Lipinski definition) is 5. The van der Waals surface area contributed by atoms with Gasteiger partial charge in [-0.05, 0) is 31.7 Å². The smallest absolute Gasteiger partial charge is 0.238 e. The SMILES string of the molecule is CCCS(=O)(=O)N1CCCCC1C(=O)NCC(c1cccc(C)c1)N1CCOCC1. The molecule has 2 aliphatic rings. The molecular weight excluding hydrogens is 402 g/mol. The lowest BCUT2D eigenvalue weighted by atomic mass is 10.0. The average Bonchev–Trinajstić information content (AvgIpc) is 2.74. The molecule has 2 fully saturated rings. The third-order valence-corrected chi connectivity index (χ3v) is 8.03. The number of amides is 1. The second kappa shape index (κ2) is 10.7. The molecule has 1 N–H and O–H groups in total. The molecule has 2 heterocycles. The summed E-state index contributed by atoms with van der Waals surface area (Å²) in [6.45, 7) is 7.81. The summed E-state index contributed by atoms with van der Waals surface area (Å²) in [7, 11) is -3.40. The molecule has 1 amide bonds. The zero-order valence-corrected chi connectivity index (χ0v) is 19.0. The summed E-state index contributed by atoms with van der Waals surface area (Å²) in [5.74, 6) is -0.0866. The van der Waals surface area contributed by atoms with Crippen LogP contribution in [0.1, 0.15) is 49.8 Å². The number of rotatable bonds is 8. The van der Waals surface area contributed by atoms with Crippen LogP contribution in [0.2, 0.25) is 0 Å². The van der Waals surface area contributed by atoms with E-state index in [4.69, 9.17) is 4.74 Å². The van der Waals surface area contributed by atoms with Crippen LogP contribution in [0.25, 0.3) is 0 Å². The maximum absolute atomic E-state index is 13.1. The first kappa shape index (κ1) is 23.2. The maximum Gasteiger partial charge on any atom is 0.238 e. The highest BCUT2D eigenvalue weighted by Gasteiger charge is 2.36. The van der Waals surface area contributed by atoms with Gasteiger partial charge in [-0.15, -0.1) is 0 Å². The van der Waals surface area contributed by atoms with Crippen LogP contribution in [0.15, 0.2) is 24.3 Å². The van der Waals surface area contributed by atoms with Crippen LogP contribution < -0.4 is 5.32 Å². The zero-order valence-electron chi connectivity index (χ0n) is 18.2. The molecule has 0 radical (unpaired) electrons. The van der Waals surface area contributed by atoms with E-state index in [0.717, 1.165) is 31.5 Å². The molecule has 7 nitrogen and oxygen atoms in total. The Bertz CT molecular complexity index is 808. The van der Waals surface area contributed by atoms with Crippen molar-refractivity contribution in [2.75, 3.05) is 45.1 Å². The van der Waals surface area contributed by atoms with E-state index in [1.807, 2.05) is 13.0 Å². The Kier molecular flexibility index (Phi) is 8.27. The number of ether oxygens (including phenoxy) is 1. The number of piperidine rings is 1. The Labute approximate surface area is 180 Å². The number of carbonyl (C=O) groups is 1. The number of nitrogens with zero attached hydrogens (tertiary/aromatic N) is 2. The molecule has 168 valence electrons. The molecule has 1 aromatic carbocycles. The van der Waals surface area contributed by atoms with Gasteiger partial charge in [-0.25, -0.2) is 8.42 Å². The first-order valence-electron chi connectivity index (χ1n) is 11.1. The van der Waals surface area contributed by atoms with Gasteiger partial charge in [-0.3, -0.25) is 9.69 Å². The fourth-order valence-corrected chi connectivity index (χ4v) is 6.16. The van der Waals surface area contributed by atoms with Gasteiger partial charge in [0.1, 0.15) is 6.04 Å². The minimum absolute atomic E-state index is 0.0436. The number of morpholine rings is 1. The summed E-state index contributed by atoms with van der Waals surface area (Å²) in [5, 5.41) is 3.08. The van der Waals surface area contributed by atoms with Crippen molar-refractivity contribution in [2.24, 2.45) is 0 Å². The highest BCUT2D eigenvalue weighted by Crippen LogP contribution is 2.24. The van der Waals surface area contributed by atoms with Crippen molar-refractivity contribution in [1.29, 1.82) is 0 Å². The first-order chi connectivity index (χ1) is 14.4. The Morgan fingerprint density at radius 3 is 2.70 bits per heavy atom. The van der Waals surface area contributed by atoms with E-state index < -0.39 is 16.1 Å². The topological polar surface area (TPSA) is 79.0 Å². The highest BCUT2D eigenvalue weighted by atomic mass is 32.2. The molecule has 2 aliphatic heterocycles.